The molecule has 1 aliphatic carbocycles. The van der Waals surface area contributed by atoms with E-state index in [4.69, 9.17) is 43.2 Å². The number of hydrogen-bond acceptors (Lipinski definition) is 7. The van der Waals surface area contributed by atoms with Crippen LogP contribution in [0.2, 0.25) is 10.0 Å². The molecular formula is C22H23Cl2N3O5. The molecule has 1 aliphatic rings. The highest BCUT2D eigenvalue weighted by Crippen LogP contribution is 2.33. The van der Waals surface area contributed by atoms with Crippen LogP contribution >= 0.6 is 23.2 Å². The van der Waals surface area contributed by atoms with E-state index in [0.717, 1.165) is 0 Å². The van der Waals surface area contributed by atoms with Crippen molar-refractivity contribution in [2.75, 3.05) is 0 Å². The van der Waals surface area contributed by atoms with E-state index in [2.05, 4.69) is 10.1 Å². The van der Waals surface area contributed by atoms with Crippen LogP contribution in [0, 0.1) is 5.92 Å². The number of carbonyl (C=O) groups is 2. The number of halogens is 2. The summed E-state index contributed by atoms with van der Waals surface area (Å²) in [7, 11) is 0. The quantitative estimate of drug-likeness (QED) is 0.258. The Bertz CT molecular complexity index is 1050. The summed E-state index contributed by atoms with van der Waals surface area (Å²) < 4.78 is 11.2. The molecule has 2 aromatic rings. The summed E-state index contributed by atoms with van der Waals surface area (Å²) in [6.45, 7) is 5.25. The normalized spacial score (nSPS) is 18.1. The van der Waals surface area contributed by atoms with Crippen molar-refractivity contribution in [1.82, 2.24) is 4.98 Å². The number of rotatable bonds is 8. The van der Waals surface area contributed by atoms with Crippen molar-refractivity contribution in [3.05, 3.63) is 51.6 Å². The van der Waals surface area contributed by atoms with Gasteiger partial charge in [0.1, 0.15) is 22.7 Å². The van der Waals surface area contributed by atoms with Crippen LogP contribution in [0.15, 0.2) is 35.6 Å². The van der Waals surface area contributed by atoms with Crippen LogP contribution in [0.4, 0.5) is 0 Å². The molecule has 1 heterocycles. The van der Waals surface area contributed by atoms with E-state index in [9.17, 15) is 9.59 Å². The Labute approximate surface area is 195 Å². The van der Waals surface area contributed by atoms with E-state index in [-0.39, 0.29) is 51.2 Å². The topological polar surface area (TPSA) is 113 Å². The van der Waals surface area contributed by atoms with Crippen molar-refractivity contribution in [2.45, 2.75) is 45.8 Å². The van der Waals surface area contributed by atoms with Gasteiger partial charge in [-0.15, -0.1) is 0 Å². The summed E-state index contributed by atoms with van der Waals surface area (Å²) in [4.78, 5) is 32.5. The van der Waals surface area contributed by atoms with Gasteiger partial charge in [0.05, 0.1) is 16.7 Å². The molecule has 0 atom stereocenters. The van der Waals surface area contributed by atoms with Crippen LogP contribution in [0.5, 0.6) is 11.6 Å². The van der Waals surface area contributed by atoms with Crippen LogP contribution in [0.1, 0.15) is 49.5 Å². The van der Waals surface area contributed by atoms with E-state index in [1.807, 2.05) is 13.8 Å². The van der Waals surface area contributed by atoms with Crippen molar-refractivity contribution >= 4 is 40.8 Å². The first kappa shape index (κ1) is 23.8. The molecule has 1 aromatic carbocycles. The fourth-order valence-electron chi connectivity index (χ4n) is 3.00. The first-order valence-electron chi connectivity index (χ1n) is 9.98. The average Bonchev–Trinajstić information content (AvgIpc) is 2.69. The SMILES string of the molecule is CC(=O)C1CC(Oc2ccc(/C(N)=N/OC(=O)c3cnc(OC(C)C)c(Cl)c3)c(Cl)c2)C1. The van der Waals surface area contributed by atoms with Gasteiger partial charge in [-0.3, -0.25) is 4.79 Å². The molecule has 10 heteroatoms. The molecule has 0 radical (unpaired) electrons. The number of carbonyl (C=O) groups excluding carboxylic acids is 2. The molecule has 1 saturated carbocycles. The minimum Gasteiger partial charge on any atom is -0.490 e. The number of benzene rings is 1. The first-order chi connectivity index (χ1) is 15.1. The van der Waals surface area contributed by atoms with Gasteiger partial charge in [0.2, 0.25) is 5.88 Å². The van der Waals surface area contributed by atoms with Gasteiger partial charge in [-0.2, -0.15) is 0 Å². The largest absolute Gasteiger partial charge is 0.490 e. The zero-order valence-corrected chi connectivity index (χ0v) is 19.3. The standard InChI is InChI=1S/C22H23Cl2N3O5/c1-11(2)30-21-19(24)8-14(10-26-21)22(29)32-27-20(25)17-5-4-15(9-18(17)23)31-16-6-13(7-16)12(3)28/h4-5,8-11,13,16H,6-7H2,1-3H3,(H2,25,27). The number of nitrogens with zero attached hydrogens (tertiary/aromatic N) is 2. The first-order valence-corrected chi connectivity index (χ1v) is 10.7. The molecule has 32 heavy (non-hydrogen) atoms. The minimum atomic E-state index is -0.792. The number of ketones is 1. The number of hydrogen-bond donors (Lipinski definition) is 1. The number of oxime groups is 1. The Morgan fingerprint density at radius 2 is 1.91 bits per heavy atom. The van der Waals surface area contributed by atoms with Gasteiger partial charge in [0.25, 0.3) is 0 Å². The summed E-state index contributed by atoms with van der Waals surface area (Å²) in [5.74, 6) is 0.133. The Balaban J connectivity index is 1.61. The van der Waals surface area contributed by atoms with Crippen LogP contribution in [-0.2, 0) is 9.63 Å². The number of pyridine rings is 1. The van der Waals surface area contributed by atoms with Crippen LogP contribution in [0.25, 0.3) is 0 Å². The second kappa shape index (κ2) is 10.2. The van der Waals surface area contributed by atoms with Crippen molar-refractivity contribution in [1.29, 1.82) is 0 Å². The van der Waals surface area contributed by atoms with Gasteiger partial charge in [-0.1, -0.05) is 28.4 Å². The lowest BCUT2D eigenvalue weighted by Crippen LogP contribution is -2.37. The molecule has 0 bridgehead atoms. The summed E-state index contributed by atoms with van der Waals surface area (Å²) in [6, 6.07) is 6.27. The predicted molar refractivity (Wildman–Crippen MR) is 120 cm³/mol. The number of amidine groups is 1. The molecule has 0 unspecified atom stereocenters. The summed E-state index contributed by atoms with van der Waals surface area (Å²) >= 11 is 12.4. The molecule has 8 nitrogen and oxygen atoms in total. The Hall–Kier alpha value is -2.84. The molecule has 2 N–H and O–H groups in total. The number of Topliss-reactive ketones (excluding diaryl/α,β-unsaturated/α-hetero) is 1. The smallest absolute Gasteiger partial charge is 0.367 e. The fourth-order valence-corrected chi connectivity index (χ4v) is 3.48. The van der Waals surface area contributed by atoms with Crippen molar-refractivity contribution in [3.63, 3.8) is 0 Å². The summed E-state index contributed by atoms with van der Waals surface area (Å²) in [6.07, 6.45) is 2.52. The zero-order valence-electron chi connectivity index (χ0n) is 17.8. The highest BCUT2D eigenvalue weighted by atomic mass is 35.5. The van der Waals surface area contributed by atoms with Gasteiger partial charge in [-0.05, 0) is 57.9 Å². The zero-order chi connectivity index (χ0) is 23.4. The summed E-state index contributed by atoms with van der Waals surface area (Å²) in [5.41, 5.74) is 6.38. The lowest BCUT2D eigenvalue weighted by molar-refractivity contribution is -0.126. The van der Waals surface area contributed by atoms with Gasteiger partial charge in [0, 0.05) is 17.7 Å². The van der Waals surface area contributed by atoms with Crippen LogP contribution in [-0.4, -0.2) is 34.8 Å². The number of nitrogens with two attached hydrogens (primary N) is 1. The van der Waals surface area contributed by atoms with Gasteiger partial charge in [-0.25, -0.2) is 9.78 Å². The maximum atomic E-state index is 12.2. The molecule has 3 rings (SSSR count). The number of aromatic nitrogens is 1. The summed E-state index contributed by atoms with van der Waals surface area (Å²) in [5, 5.41) is 4.11. The molecular weight excluding hydrogens is 457 g/mol. The van der Waals surface area contributed by atoms with E-state index in [1.165, 1.54) is 12.3 Å². The molecule has 0 saturated heterocycles. The second-order valence-corrected chi connectivity index (χ2v) is 8.51. The van der Waals surface area contributed by atoms with E-state index in [1.54, 1.807) is 25.1 Å². The molecule has 1 aromatic heterocycles. The second-order valence-electron chi connectivity index (χ2n) is 7.69. The molecule has 0 amide bonds. The molecule has 0 aliphatic heterocycles. The van der Waals surface area contributed by atoms with Crippen LogP contribution in [0.3, 0.4) is 0 Å². The molecule has 0 spiro atoms. The third-order valence-electron chi connectivity index (χ3n) is 4.81. The highest BCUT2D eigenvalue weighted by Gasteiger charge is 2.33. The third-order valence-corrected chi connectivity index (χ3v) is 5.39. The average molecular weight is 480 g/mol. The maximum Gasteiger partial charge on any atom is 0.367 e. The van der Waals surface area contributed by atoms with Gasteiger partial charge in [0.15, 0.2) is 5.84 Å². The third kappa shape index (κ3) is 5.89. The lowest BCUT2D eigenvalue weighted by atomic mass is 9.80. The predicted octanol–water partition coefficient (Wildman–Crippen LogP) is 4.40. The van der Waals surface area contributed by atoms with E-state index in [0.29, 0.717) is 24.2 Å². The van der Waals surface area contributed by atoms with Crippen LogP contribution < -0.4 is 15.2 Å². The van der Waals surface area contributed by atoms with Gasteiger partial charge < -0.3 is 20.0 Å². The number of ether oxygens (including phenoxy) is 2. The lowest BCUT2D eigenvalue weighted by Gasteiger charge is -2.33. The van der Waals surface area contributed by atoms with E-state index < -0.39 is 5.97 Å². The van der Waals surface area contributed by atoms with Crippen molar-refractivity contribution in [3.8, 4) is 11.6 Å². The van der Waals surface area contributed by atoms with Crippen molar-refractivity contribution in [2.24, 2.45) is 16.8 Å². The highest BCUT2D eigenvalue weighted by molar-refractivity contribution is 6.34. The molecule has 170 valence electrons. The fraction of sp³-hybridized carbons (Fsp3) is 0.364. The Morgan fingerprint density at radius 1 is 1.19 bits per heavy atom. The Kier molecular flexibility index (Phi) is 7.58. The monoisotopic (exact) mass is 479 g/mol. The van der Waals surface area contributed by atoms with E-state index >= 15 is 0 Å². The van der Waals surface area contributed by atoms with Crippen molar-refractivity contribution < 1.29 is 23.9 Å². The minimum absolute atomic E-state index is 0.0180. The maximum absolute atomic E-state index is 12.2. The van der Waals surface area contributed by atoms with Gasteiger partial charge >= 0.3 is 5.97 Å². The molecule has 1 fully saturated rings. The Morgan fingerprint density at radius 3 is 2.50 bits per heavy atom.